The molecule has 0 radical (unpaired) electrons. The maximum Gasteiger partial charge on any atom is 0.241 e. The van der Waals surface area contributed by atoms with Crippen LogP contribution in [-0.4, -0.2) is 34.5 Å². The van der Waals surface area contributed by atoms with Crippen molar-refractivity contribution in [1.29, 1.82) is 0 Å². The summed E-state index contributed by atoms with van der Waals surface area (Å²) in [6.45, 7) is 1.83. The average molecular weight is 362 g/mol. The van der Waals surface area contributed by atoms with Crippen molar-refractivity contribution in [3.05, 3.63) is 59.7 Å². The second kappa shape index (κ2) is 8.64. The van der Waals surface area contributed by atoms with Gasteiger partial charge in [-0.3, -0.25) is 4.79 Å². The molecular formula is C18H22N2O4S. The zero-order valence-corrected chi connectivity index (χ0v) is 15.1. The van der Waals surface area contributed by atoms with Crippen molar-refractivity contribution in [3.8, 4) is 5.75 Å². The van der Waals surface area contributed by atoms with Gasteiger partial charge in [-0.2, -0.15) is 0 Å². The number of carbonyl (C=O) groups excluding carboxylic acids is 1. The van der Waals surface area contributed by atoms with E-state index in [1.807, 2.05) is 30.3 Å². The molecule has 0 saturated heterocycles. The molecule has 0 atom stereocenters. The molecule has 0 spiro atoms. The molecule has 0 bridgehead atoms. The normalized spacial score (nSPS) is 11.1. The van der Waals surface area contributed by atoms with Gasteiger partial charge in [-0.05, 0) is 42.7 Å². The summed E-state index contributed by atoms with van der Waals surface area (Å²) in [6, 6.07) is 14.4. The second-order valence-corrected chi connectivity index (χ2v) is 7.28. The minimum absolute atomic E-state index is 0.130. The molecule has 0 aliphatic rings. The Labute approximate surface area is 148 Å². The predicted molar refractivity (Wildman–Crippen MR) is 96.1 cm³/mol. The molecule has 0 saturated carbocycles. The fourth-order valence-electron chi connectivity index (χ4n) is 2.34. The van der Waals surface area contributed by atoms with Gasteiger partial charge in [0.05, 0.1) is 18.6 Å². The Morgan fingerprint density at radius 3 is 2.48 bits per heavy atom. The van der Waals surface area contributed by atoms with Gasteiger partial charge in [0.2, 0.25) is 15.9 Å². The number of methoxy groups -OCH3 is 1. The zero-order chi connectivity index (χ0) is 18.3. The first-order chi connectivity index (χ1) is 11.9. The molecule has 2 N–H and O–H groups in total. The number of rotatable bonds is 8. The van der Waals surface area contributed by atoms with Crippen LogP contribution in [0.15, 0.2) is 53.4 Å². The maximum absolute atomic E-state index is 12.3. The Kier molecular flexibility index (Phi) is 6.55. The van der Waals surface area contributed by atoms with Gasteiger partial charge in [0.15, 0.2) is 0 Å². The molecule has 0 aliphatic carbocycles. The van der Waals surface area contributed by atoms with Gasteiger partial charge in [-0.15, -0.1) is 0 Å². The first-order valence-electron chi connectivity index (χ1n) is 7.87. The Bertz CT molecular complexity index is 820. The van der Waals surface area contributed by atoms with Gasteiger partial charge < -0.3 is 10.1 Å². The molecule has 6 nitrogen and oxygen atoms in total. The Morgan fingerprint density at radius 2 is 1.84 bits per heavy atom. The Morgan fingerprint density at radius 1 is 1.12 bits per heavy atom. The maximum atomic E-state index is 12.3. The topological polar surface area (TPSA) is 84.5 Å². The van der Waals surface area contributed by atoms with Crippen molar-refractivity contribution < 1.29 is 17.9 Å². The molecule has 0 fully saturated rings. The lowest BCUT2D eigenvalue weighted by Gasteiger charge is -2.11. The van der Waals surface area contributed by atoms with Crippen LogP contribution >= 0.6 is 0 Å². The van der Waals surface area contributed by atoms with E-state index in [1.54, 1.807) is 19.1 Å². The lowest BCUT2D eigenvalue weighted by molar-refractivity contribution is -0.119. The minimum Gasteiger partial charge on any atom is -0.497 e. The van der Waals surface area contributed by atoms with E-state index in [1.165, 1.54) is 13.2 Å². The minimum atomic E-state index is -3.75. The van der Waals surface area contributed by atoms with E-state index in [9.17, 15) is 13.2 Å². The molecule has 2 aromatic carbocycles. The van der Waals surface area contributed by atoms with E-state index < -0.39 is 10.0 Å². The Balaban J connectivity index is 1.85. The third-order valence-corrected chi connectivity index (χ3v) is 5.23. The van der Waals surface area contributed by atoms with Gasteiger partial charge in [-0.25, -0.2) is 13.1 Å². The Hall–Kier alpha value is -2.38. The number of nitrogens with one attached hydrogen (secondary N) is 2. The first kappa shape index (κ1) is 19.0. The van der Waals surface area contributed by atoms with Crippen LogP contribution in [-0.2, 0) is 21.2 Å². The summed E-state index contributed by atoms with van der Waals surface area (Å²) in [5, 5.41) is 2.70. The van der Waals surface area contributed by atoms with Gasteiger partial charge in [0.1, 0.15) is 5.75 Å². The van der Waals surface area contributed by atoms with Gasteiger partial charge in [0, 0.05) is 6.54 Å². The molecule has 0 aromatic heterocycles. The predicted octanol–water partition coefficient (Wildman–Crippen LogP) is 1.64. The molecule has 7 heteroatoms. The summed E-state index contributed by atoms with van der Waals surface area (Å²) in [5.41, 5.74) is 1.66. The van der Waals surface area contributed by atoms with Crippen molar-refractivity contribution in [3.63, 3.8) is 0 Å². The van der Waals surface area contributed by atoms with Crippen LogP contribution in [0.3, 0.4) is 0 Å². The van der Waals surface area contributed by atoms with Crippen LogP contribution in [0.1, 0.15) is 11.1 Å². The van der Waals surface area contributed by atoms with Crippen LogP contribution in [0.4, 0.5) is 0 Å². The summed E-state index contributed by atoms with van der Waals surface area (Å²) in [6.07, 6.45) is 0.691. The standard InChI is InChI=1S/C18H22N2O4S/c1-14-12-16(24-2)8-9-17(14)25(22,23)20-13-18(21)19-11-10-15-6-4-3-5-7-15/h3-9,12,20H,10-11,13H2,1-2H3,(H,19,21). The van der Waals surface area contributed by atoms with Crippen molar-refractivity contribution in [2.75, 3.05) is 20.2 Å². The van der Waals surface area contributed by atoms with Crippen LogP contribution in [0, 0.1) is 6.92 Å². The van der Waals surface area contributed by atoms with E-state index in [-0.39, 0.29) is 17.3 Å². The van der Waals surface area contributed by atoms with E-state index in [0.29, 0.717) is 24.3 Å². The lowest BCUT2D eigenvalue weighted by atomic mass is 10.1. The van der Waals surface area contributed by atoms with Gasteiger partial charge >= 0.3 is 0 Å². The quantitative estimate of drug-likeness (QED) is 0.748. The van der Waals surface area contributed by atoms with E-state index in [2.05, 4.69) is 10.0 Å². The molecule has 2 aromatic rings. The van der Waals surface area contributed by atoms with E-state index >= 15 is 0 Å². The van der Waals surface area contributed by atoms with Gasteiger partial charge in [0.25, 0.3) is 0 Å². The fraction of sp³-hybridized carbons (Fsp3) is 0.278. The number of carbonyl (C=O) groups is 1. The average Bonchev–Trinajstić information content (AvgIpc) is 2.60. The number of hydrogen-bond donors (Lipinski definition) is 2. The van der Waals surface area contributed by atoms with E-state index in [4.69, 9.17) is 4.74 Å². The highest BCUT2D eigenvalue weighted by Crippen LogP contribution is 2.20. The number of hydrogen-bond acceptors (Lipinski definition) is 4. The fourth-order valence-corrected chi connectivity index (χ4v) is 3.55. The summed E-state index contributed by atoms with van der Waals surface area (Å²) in [4.78, 5) is 12.0. The third-order valence-electron chi connectivity index (χ3n) is 3.67. The highest BCUT2D eigenvalue weighted by atomic mass is 32.2. The van der Waals surface area contributed by atoms with Gasteiger partial charge in [-0.1, -0.05) is 30.3 Å². The molecule has 134 valence electrons. The molecular weight excluding hydrogens is 340 g/mol. The lowest BCUT2D eigenvalue weighted by Crippen LogP contribution is -2.37. The van der Waals surface area contributed by atoms with Crippen molar-refractivity contribution in [1.82, 2.24) is 10.0 Å². The summed E-state index contributed by atoms with van der Waals surface area (Å²) in [5.74, 6) is 0.209. The third kappa shape index (κ3) is 5.58. The summed E-state index contributed by atoms with van der Waals surface area (Å²) >= 11 is 0. The number of sulfonamides is 1. The van der Waals surface area contributed by atoms with Crippen LogP contribution in [0.25, 0.3) is 0 Å². The van der Waals surface area contributed by atoms with E-state index in [0.717, 1.165) is 5.56 Å². The number of ether oxygens (including phenoxy) is 1. The summed E-state index contributed by atoms with van der Waals surface area (Å²) < 4.78 is 32.0. The first-order valence-corrected chi connectivity index (χ1v) is 9.35. The number of aryl methyl sites for hydroxylation is 1. The zero-order valence-electron chi connectivity index (χ0n) is 14.3. The SMILES string of the molecule is COc1ccc(S(=O)(=O)NCC(=O)NCCc2ccccc2)c(C)c1. The number of benzene rings is 2. The molecule has 0 aliphatic heterocycles. The summed E-state index contributed by atoms with van der Waals surface area (Å²) in [7, 11) is -2.24. The van der Waals surface area contributed by atoms with Crippen LogP contribution < -0.4 is 14.8 Å². The molecule has 0 heterocycles. The van der Waals surface area contributed by atoms with Crippen LogP contribution in [0.5, 0.6) is 5.75 Å². The molecule has 25 heavy (non-hydrogen) atoms. The molecule has 1 amide bonds. The van der Waals surface area contributed by atoms with Crippen molar-refractivity contribution in [2.45, 2.75) is 18.2 Å². The van der Waals surface area contributed by atoms with Crippen molar-refractivity contribution >= 4 is 15.9 Å². The van der Waals surface area contributed by atoms with Crippen LogP contribution in [0.2, 0.25) is 0 Å². The highest BCUT2D eigenvalue weighted by Gasteiger charge is 2.18. The van der Waals surface area contributed by atoms with Crippen molar-refractivity contribution in [2.24, 2.45) is 0 Å². The molecule has 0 unspecified atom stereocenters. The molecule has 2 rings (SSSR count). The number of amides is 1. The highest BCUT2D eigenvalue weighted by molar-refractivity contribution is 7.89. The monoisotopic (exact) mass is 362 g/mol. The second-order valence-electron chi connectivity index (χ2n) is 5.54. The smallest absolute Gasteiger partial charge is 0.241 e. The largest absolute Gasteiger partial charge is 0.497 e.